The van der Waals surface area contributed by atoms with Crippen molar-refractivity contribution in [2.24, 2.45) is 13.0 Å². The summed E-state index contributed by atoms with van der Waals surface area (Å²) in [4.78, 5) is 25.2. The van der Waals surface area contributed by atoms with Crippen molar-refractivity contribution in [3.63, 3.8) is 0 Å². The fraction of sp³-hybridized carbons (Fsp3) is 0.611. The van der Waals surface area contributed by atoms with Crippen LogP contribution in [-0.4, -0.2) is 47.8 Å². The quantitative estimate of drug-likeness (QED) is 0.822. The number of hydrogen-bond donors (Lipinski definition) is 1. The lowest BCUT2D eigenvalue weighted by Gasteiger charge is -2.43. The molecule has 0 unspecified atom stereocenters. The lowest BCUT2D eigenvalue weighted by molar-refractivity contribution is 0.0881. The molecule has 1 aliphatic rings. The van der Waals surface area contributed by atoms with Crippen LogP contribution in [0.4, 0.5) is 10.6 Å². The van der Waals surface area contributed by atoms with Gasteiger partial charge < -0.3 is 9.67 Å². The Balaban J connectivity index is 2.19. The number of rotatable bonds is 4. The maximum atomic E-state index is 12.2. The molecule has 0 spiro atoms. The molecule has 9 nitrogen and oxygen atoms in total. The van der Waals surface area contributed by atoms with Crippen molar-refractivity contribution in [3.8, 4) is 6.07 Å². The van der Waals surface area contributed by atoms with E-state index in [1.807, 2.05) is 26.8 Å². The number of imidazole rings is 1. The highest BCUT2D eigenvalue weighted by molar-refractivity contribution is 5.85. The second-order valence-electron chi connectivity index (χ2n) is 8.01. The molecule has 0 saturated heterocycles. The number of nitriles is 1. The molecule has 2 heterocycles. The Morgan fingerprint density at radius 3 is 2.59 bits per heavy atom. The van der Waals surface area contributed by atoms with Crippen LogP contribution in [0.5, 0.6) is 0 Å². The maximum absolute atomic E-state index is 12.2. The number of carbonyl (C=O) groups is 1. The smallest absolute Gasteiger partial charge is 0.426 e. The summed E-state index contributed by atoms with van der Waals surface area (Å²) in [6.45, 7) is 6.03. The predicted molar refractivity (Wildman–Crippen MR) is 99.9 cm³/mol. The lowest BCUT2D eigenvalue weighted by Crippen LogP contribution is -2.57. The monoisotopic (exact) mass is 371 g/mol. The standard InChI is InChI=1S/C18H25N7O2/c1-18(2,3)25(17(26)27)24(10-12-7-5-6-8-12)16-14-15(23(4)11-20-14)21-13(9-19)22-16/h11-12H,5-8,10H2,1-4H3,(H,26,27). The Hall–Kier alpha value is -2.89. The van der Waals surface area contributed by atoms with Crippen molar-refractivity contribution in [3.05, 3.63) is 12.2 Å². The Kier molecular flexibility index (Phi) is 4.91. The minimum Gasteiger partial charge on any atom is -0.464 e. The number of hydrogen-bond acceptors (Lipinski definition) is 6. The summed E-state index contributed by atoms with van der Waals surface area (Å²) < 4.78 is 1.71. The predicted octanol–water partition coefficient (Wildman–Crippen LogP) is 2.93. The molecule has 0 aliphatic heterocycles. The topological polar surface area (TPSA) is 111 Å². The number of carboxylic acid groups (broad SMARTS) is 1. The lowest BCUT2D eigenvalue weighted by atomic mass is 10.1. The first kappa shape index (κ1) is 18.9. The van der Waals surface area contributed by atoms with Gasteiger partial charge in [0.1, 0.15) is 6.07 Å². The van der Waals surface area contributed by atoms with E-state index < -0.39 is 11.6 Å². The van der Waals surface area contributed by atoms with E-state index in [9.17, 15) is 15.2 Å². The SMILES string of the molecule is Cn1cnc2c(N(CC3CCCC3)N(C(=O)O)C(C)(C)C)nc(C#N)nc21. The molecule has 1 saturated carbocycles. The molecule has 0 aromatic carbocycles. The first-order valence-electron chi connectivity index (χ1n) is 9.12. The molecule has 1 amide bonds. The van der Waals surface area contributed by atoms with E-state index in [0.29, 0.717) is 29.4 Å². The molecule has 2 aromatic heterocycles. The van der Waals surface area contributed by atoms with Crippen LogP contribution in [0.1, 0.15) is 52.3 Å². The molecule has 0 radical (unpaired) electrons. The van der Waals surface area contributed by atoms with Crippen LogP contribution >= 0.6 is 0 Å². The molecule has 2 aromatic rings. The van der Waals surface area contributed by atoms with Gasteiger partial charge in [-0.25, -0.2) is 14.8 Å². The summed E-state index contributed by atoms with van der Waals surface area (Å²) >= 11 is 0. The highest BCUT2D eigenvalue weighted by Crippen LogP contribution is 2.32. The maximum Gasteiger partial charge on any atom is 0.426 e. The molecule has 1 N–H and O–H groups in total. The van der Waals surface area contributed by atoms with Crippen molar-refractivity contribution in [2.75, 3.05) is 11.6 Å². The van der Waals surface area contributed by atoms with E-state index in [-0.39, 0.29) is 5.82 Å². The number of hydrazine groups is 1. The number of fused-ring (bicyclic) bond motifs is 1. The Labute approximate surface area is 158 Å². The van der Waals surface area contributed by atoms with Crippen LogP contribution in [-0.2, 0) is 7.05 Å². The molecule has 0 atom stereocenters. The van der Waals surface area contributed by atoms with Crippen LogP contribution in [0, 0.1) is 17.2 Å². The van der Waals surface area contributed by atoms with Crippen LogP contribution in [0.3, 0.4) is 0 Å². The van der Waals surface area contributed by atoms with Gasteiger partial charge in [0.2, 0.25) is 5.82 Å². The van der Waals surface area contributed by atoms with E-state index in [2.05, 4.69) is 15.0 Å². The van der Waals surface area contributed by atoms with E-state index in [1.165, 1.54) is 5.01 Å². The van der Waals surface area contributed by atoms with E-state index >= 15 is 0 Å². The van der Waals surface area contributed by atoms with Crippen LogP contribution in [0.2, 0.25) is 0 Å². The van der Waals surface area contributed by atoms with Gasteiger partial charge in [0, 0.05) is 13.6 Å². The first-order valence-corrected chi connectivity index (χ1v) is 9.12. The molecule has 27 heavy (non-hydrogen) atoms. The van der Waals surface area contributed by atoms with Crippen LogP contribution in [0.15, 0.2) is 6.33 Å². The molecular weight excluding hydrogens is 346 g/mol. The van der Waals surface area contributed by atoms with Gasteiger partial charge in [0.15, 0.2) is 17.0 Å². The third-order valence-corrected chi connectivity index (χ3v) is 4.85. The minimum absolute atomic E-state index is 0.00299. The average molecular weight is 371 g/mol. The fourth-order valence-corrected chi connectivity index (χ4v) is 3.67. The molecule has 0 bridgehead atoms. The number of nitrogens with zero attached hydrogens (tertiary/aromatic N) is 7. The summed E-state index contributed by atoms with van der Waals surface area (Å²) in [7, 11) is 1.79. The zero-order chi connectivity index (χ0) is 19.8. The number of aryl methyl sites for hydroxylation is 1. The Morgan fingerprint density at radius 2 is 2.04 bits per heavy atom. The summed E-state index contributed by atoms with van der Waals surface area (Å²) in [6.07, 6.45) is 4.92. The van der Waals surface area contributed by atoms with E-state index in [4.69, 9.17) is 0 Å². The number of amides is 1. The molecule has 3 rings (SSSR count). The normalized spacial score (nSPS) is 15.1. The van der Waals surface area contributed by atoms with Gasteiger partial charge in [-0.3, -0.25) is 5.01 Å². The van der Waals surface area contributed by atoms with Crippen LogP contribution in [0.25, 0.3) is 11.2 Å². The highest BCUT2D eigenvalue weighted by Gasteiger charge is 2.36. The van der Waals surface area contributed by atoms with Gasteiger partial charge >= 0.3 is 6.09 Å². The van der Waals surface area contributed by atoms with Crippen molar-refractivity contribution >= 4 is 23.1 Å². The van der Waals surface area contributed by atoms with E-state index in [0.717, 1.165) is 25.7 Å². The molecular formula is C18H25N7O2. The summed E-state index contributed by atoms with van der Waals surface area (Å²) in [5.74, 6) is 0.728. The van der Waals surface area contributed by atoms with Gasteiger partial charge in [-0.15, -0.1) is 0 Å². The van der Waals surface area contributed by atoms with Crippen LogP contribution < -0.4 is 5.01 Å². The van der Waals surface area contributed by atoms with Crippen molar-refractivity contribution < 1.29 is 9.90 Å². The van der Waals surface area contributed by atoms with Gasteiger partial charge in [0.25, 0.3) is 0 Å². The molecule has 1 aliphatic carbocycles. The third-order valence-electron chi connectivity index (χ3n) is 4.85. The number of aromatic nitrogens is 4. The second kappa shape index (κ2) is 7.02. The highest BCUT2D eigenvalue weighted by atomic mass is 16.4. The van der Waals surface area contributed by atoms with Gasteiger partial charge in [0.05, 0.1) is 11.9 Å². The summed E-state index contributed by atoms with van der Waals surface area (Å²) in [6, 6.07) is 1.98. The number of anilines is 1. The van der Waals surface area contributed by atoms with Crippen molar-refractivity contribution in [1.29, 1.82) is 5.26 Å². The minimum atomic E-state index is -1.07. The summed E-state index contributed by atoms with van der Waals surface area (Å²) in [5, 5.41) is 22.3. The fourth-order valence-electron chi connectivity index (χ4n) is 3.67. The van der Waals surface area contributed by atoms with Gasteiger partial charge in [-0.05, 0) is 39.5 Å². The Bertz CT molecular complexity index is 887. The largest absolute Gasteiger partial charge is 0.464 e. The molecule has 144 valence electrons. The first-order chi connectivity index (χ1) is 12.7. The van der Waals surface area contributed by atoms with Gasteiger partial charge in [-0.1, -0.05) is 12.8 Å². The molecule has 9 heteroatoms. The zero-order valence-corrected chi connectivity index (χ0v) is 16.2. The average Bonchev–Trinajstić information content (AvgIpc) is 3.22. The zero-order valence-electron chi connectivity index (χ0n) is 16.2. The second-order valence-corrected chi connectivity index (χ2v) is 8.01. The summed E-state index contributed by atoms with van der Waals surface area (Å²) in [5.41, 5.74) is 0.306. The van der Waals surface area contributed by atoms with Crippen molar-refractivity contribution in [1.82, 2.24) is 24.5 Å². The third kappa shape index (κ3) is 3.65. The van der Waals surface area contributed by atoms with Gasteiger partial charge in [-0.2, -0.15) is 15.2 Å². The van der Waals surface area contributed by atoms with E-state index in [1.54, 1.807) is 23.0 Å². The van der Waals surface area contributed by atoms with Crippen molar-refractivity contribution in [2.45, 2.75) is 52.0 Å². The molecule has 1 fully saturated rings. The Morgan fingerprint density at radius 1 is 1.37 bits per heavy atom.